The van der Waals surface area contributed by atoms with Gasteiger partial charge in [-0.15, -0.1) is 0 Å². The molecule has 1 aromatic carbocycles. The zero-order chi connectivity index (χ0) is 14.2. The molecule has 0 saturated carbocycles. The fourth-order valence-corrected chi connectivity index (χ4v) is 3.90. The number of nitrogens with zero attached hydrogens (tertiary/aromatic N) is 1. The zero-order valence-electron chi connectivity index (χ0n) is 11.0. The normalized spacial score (nSPS) is 17.3. The summed E-state index contributed by atoms with van der Waals surface area (Å²) in [5.41, 5.74) is 7.83. The van der Waals surface area contributed by atoms with Crippen molar-refractivity contribution in [1.29, 1.82) is 0 Å². The van der Waals surface area contributed by atoms with Gasteiger partial charge in [-0.2, -0.15) is 4.31 Å². The highest BCUT2D eigenvalue weighted by Gasteiger charge is 2.27. The van der Waals surface area contributed by atoms with E-state index in [1.54, 1.807) is 13.0 Å². The van der Waals surface area contributed by atoms with Crippen molar-refractivity contribution in [3.8, 4) is 0 Å². The van der Waals surface area contributed by atoms with Crippen LogP contribution in [0.25, 0.3) is 0 Å². The van der Waals surface area contributed by atoms with E-state index < -0.39 is 10.0 Å². The number of sulfonamides is 1. The number of halogens is 1. The van der Waals surface area contributed by atoms with Gasteiger partial charge < -0.3 is 5.73 Å². The van der Waals surface area contributed by atoms with Crippen molar-refractivity contribution < 1.29 is 8.42 Å². The van der Waals surface area contributed by atoms with E-state index in [4.69, 9.17) is 17.3 Å². The van der Waals surface area contributed by atoms with Gasteiger partial charge in [-0.1, -0.05) is 23.3 Å². The lowest BCUT2D eigenvalue weighted by Gasteiger charge is -2.25. The van der Waals surface area contributed by atoms with E-state index in [0.29, 0.717) is 23.7 Å². The molecule has 0 bridgehead atoms. The van der Waals surface area contributed by atoms with Gasteiger partial charge in [0, 0.05) is 13.1 Å². The molecule has 0 spiro atoms. The molecular weight excluding hydrogens is 284 g/mol. The average Bonchev–Trinajstić information content (AvgIpc) is 2.34. The number of benzene rings is 1. The third-order valence-electron chi connectivity index (χ3n) is 3.31. The number of nitrogen functional groups attached to an aromatic ring is 1. The first-order chi connectivity index (χ1) is 8.82. The summed E-state index contributed by atoms with van der Waals surface area (Å²) in [6, 6.07) is 3.03. The Morgan fingerprint density at radius 2 is 2.00 bits per heavy atom. The predicted octanol–water partition coefficient (Wildman–Crippen LogP) is 2.57. The molecule has 104 valence electrons. The number of aryl methyl sites for hydroxylation is 1. The molecule has 1 aliphatic heterocycles. The molecule has 0 aromatic heterocycles. The zero-order valence-corrected chi connectivity index (χ0v) is 12.6. The molecule has 0 atom stereocenters. The number of rotatable bonds is 2. The summed E-state index contributed by atoms with van der Waals surface area (Å²) in [4.78, 5) is 0.238. The van der Waals surface area contributed by atoms with Crippen molar-refractivity contribution in [3.05, 3.63) is 34.4 Å². The van der Waals surface area contributed by atoms with Gasteiger partial charge in [-0.25, -0.2) is 8.42 Å². The average molecular weight is 301 g/mol. The molecule has 2 rings (SSSR count). The van der Waals surface area contributed by atoms with Crippen LogP contribution in [-0.2, 0) is 10.0 Å². The quantitative estimate of drug-likeness (QED) is 0.674. The lowest BCUT2D eigenvalue weighted by Crippen LogP contribution is -2.35. The number of hydrogen-bond donors (Lipinski definition) is 1. The third kappa shape index (κ3) is 2.78. The Bertz CT molecular complexity index is 638. The largest absolute Gasteiger partial charge is 0.397 e. The van der Waals surface area contributed by atoms with Crippen molar-refractivity contribution in [3.63, 3.8) is 0 Å². The lowest BCUT2D eigenvalue weighted by atomic mass is 10.1. The van der Waals surface area contributed by atoms with Crippen molar-refractivity contribution in [2.45, 2.75) is 25.2 Å². The fourth-order valence-electron chi connectivity index (χ4n) is 2.06. The van der Waals surface area contributed by atoms with Crippen LogP contribution in [0.1, 0.15) is 18.9 Å². The van der Waals surface area contributed by atoms with Gasteiger partial charge in [0.2, 0.25) is 10.0 Å². The molecule has 0 radical (unpaired) electrons. The van der Waals surface area contributed by atoms with Crippen molar-refractivity contribution in [2.24, 2.45) is 0 Å². The Morgan fingerprint density at radius 3 is 2.58 bits per heavy atom. The predicted molar refractivity (Wildman–Crippen MR) is 77.7 cm³/mol. The second-order valence-electron chi connectivity index (χ2n) is 4.80. The molecule has 0 aliphatic carbocycles. The Kier molecular flexibility index (Phi) is 3.90. The summed E-state index contributed by atoms with van der Waals surface area (Å²) in [5.74, 6) is 0. The monoisotopic (exact) mass is 300 g/mol. The van der Waals surface area contributed by atoms with E-state index in [9.17, 15) is 8.42 Å². The summed E-state index contributed by atoms with van der Waals surface area (Å²) >= 11 is 5.90. The highest BCUT2D eigenvalue weighted by Crippen LogP contribution is 2.29. The Labute approximate surface area is 118 Å². The van der Waals surface area contributed by atoms with Crippen LogP contribution in [0.3, 0.4) is 0 Å². The van der Waals surface area contributed by atoms with Crippen LogP contribution in [0.15, 0.2) is 28.7 Å². The molecule has 0 unspecified atom stereocenters. The van der Waals surface area contributed by atoms with Gasteiger partial charge in [-0.3, -0.25) is 0 Å². The number of nitrogens with two attached hydrogens (primary N) is 1. The molecule has 19 heavy (non-hydrogen) atoms. The summed E-state index contributed by atoms with van der Waals surface area (Å²) in [6.45, 7) is 4.65. The van der Waals surface area contributed by atoms with E-state index in [0.717, 1.165) is 6.42 Å². The van der Waals surface area contributed by atoms with Crippen LogP contribution < -0.4 is 5.73 Å². The van der Waals surface area contributed by atoms with E-state index in [2.05, 4.69) is 0 Å². The first kappa shape index (κ1) is 14.4. The maximum atomic E-state index is 12.6. The minimum Gasteiger partial charge on any atom is -0.397 e. The summed E-state index contributed by atoms with van der Waals surface area (Å²) in [5, 5.41) is 0.380. The molecule has 4 nitrogen and oxygen atoms in total. The van der Waals surface area contributed by atoms with Crippen LogP contribution in [0, 0.1) is 6.92 Å². The highest BCUT2D eigenvalue weighted by atomic mass is 35.5. The second-order valence-corrected chi connectivity index (χ2v) is 7.12. The van der Waals surface area contributed by atoms with Crippen molar-refractivity contribution in [1.82, 2.24) is 4.31 Å². The van der Waals surface area contributed by atoms with Gasteiger partial charge in [-0.05, 0) is 38.0 Å². The van der Waals surface area contributed by atoms with E-state index in [1.807, 2.05) is 13.0 Å². The molecule has 6 heteroatoms. The van der Waals surface area contributed by atoms with Crippen LogP contribution in [-0.4, -0.2) is 25.8 Å². The Balaban J connectivity index is 2.43. The standard InChI is InChI=1S/C13H17ClN2O2S/c1-9-3-5-16(6-4-9)19(17,18)13-8-12(15)11(14)7-10(13)2/h3,7-8H,4-6,15H2,1-2H3. The number of anilines is 1. The van der Waals surface area contributed by atoms with Crippen LogP contribution in [0.2, 0.25) is 5.02 Å². The summed E-state index contributed by atoms with van der Waals surface area (Å²) < 4.78 is 26.6. The van der Waals surface area contributed by atoms with Crippen LogP contribution in [0.4, 0.5) is 5.69 Å². The van der Waals surface area contributed by atoms with Crippen molar-refractivity contribution >= 4 is 27.3 Å². The topological polar surface area (TPSA) is 63.4 Å². The molecular formula is C13H17ClN2O2S. The molecule has 1 aromatic rings. The Morgan fingerprint density at radius 1 is 1.32 bits per heavy atom. The molecule has 0 saturated heterocycles. The minimum absolute atomic E-state index is 0.238. The van der Waals surface area contributed by atoms with Gasteiger partial charge in [0.1, 0.15) is 0 Å². The van der Waals surface area contributed by atoms with Crippen molar-refractivity contribution in [2.75, 3.05) is 18.8 Å². The summed E-state index contributed by atoms with van der Waals surface area (Å²) in [6.07, 6.45) is 2.71. The first-order valence-electron chi connectivity index (χ1n) is 6.04. The van der Waals surface area contributed by atoms with Crippen LogP contribution >= 0.6 is 11.6 Å². The Hall–Kier alpha value is -1.04. The smallest absolute Gasteiger partial charge is 0.243 e. The van der Waals surface area contributed by atoms with Gasteiger partial charge in [0.25, 0.3) is 0 Å². The molecule has 0 fully saturated rings. The molecule has 1 aliphatic rings. The lowest BCUT2D eigenvalue weighted by molar-refractivity contribution is 0.431. The maximum Gasteiger partial charge on any atom is 0.243 e. The maximum absolute atomic E-state index is 12.6. The first-order valence-corrected chi connectivity index (χ1v) is 7.85. The minimum atomic E-state index is -3.51. The fraction of sp³-hybridized carbons (Fsp3) is 0.385. The van der Waals surface area contributed by atoms with E-state index >= 15 is 0 Å². The molecule has 2 N–H and O–H groups in total. The van der Waals surface area contributed by atoms with Gasteiger partial charge in [0.15, 0.2) is 0 Å². The molecule has 0 amide bonds. The van der Waals surface area contributed by atoms with Crippen LogP contribution in [0.5, 0.6) is 0 Å². The highest BCUT2D eigenvalue weighted by molar-refractivity contribution is 7.89. The number of hydrogen-bond acceptors (Lipinski definition) is 3. The van der Waals surface area contributed by atoms with Gasteiger partial charge in [0.05, 0.1) is 15.6 Å². The van der Waals surface area contributed by atoms with Gasteiger partial charge >= 0.3 is 0 Å². The third-order valence-corrected chi connectivity index (χ3v) is 5.65. The SMILES string of the molecule is CC1=CCN(S(=O)(=O)c2cc(N)c(Cl)cc2C)CC1. The van der Waals surface area contributed by atoms with E-state index in [-0.39, 0.29) is 10.6 Å². The van der Waals surface area contributed by atoms with E-state index in [1.165, 1.54) is 15.9 Å². The summed E-state index contributed by atoms with van der Waals surface area (Å²) in [7, 11) is -3.51. The molecule has 1 heterocycles. The second kappa shape index (κ2) is 5.15.